The van der Waals surface area contributed by atoms with Gasteiger partial charge in [0.1, 0.15) is 5.82 Å². The molecule has 0 aliphatic carbocycles. The molecule has 0 aliphatic rings. The van der Waals surface area contributed by atoms with Gasteiger partial charge in [-0.3, -0.25) is 9.59 Å². The molecule has 7 nitrogen and oxygen atoms in total. The molecule has 1 amide bonds. The van der Waals surface area contributed by atoms with Crippen molar-refractivity contribution in [3.63, 3.8) is 0 Å². The molecule has 0 aliphatic heterocycles. The largest absolute Gasteiger partial charge is 0.490 e. The van der Waals surface area contributed by atoms with E-state index >= 15 is 0 Å². The van der Waals surface area contributed by atoms with E-state index < -0.39 is 0 Å². The van der Waals surface area contributed by atoms with Crippen LogP contribution in [-0.4, -0.2) is 28.5 Å². The number of carbonyl (C=O) groups is 1. The predicted octanol–water partition coefficient (Wildman–Crippen LogP) is 4.62. The number of anilines is 1. The van der Waals surface area contributed by atoms with Gasteiger partial charge in [0, 0.05) is 5.69 Å². The highest BCUT2D eigenvalue weighted by Crippen LogP contribution is 2.34. The minimum Gasteiger partial charge on any atom is -0.490 e. The second-order valence-electron chi connectivity index (χ2n) is 7.74. The van der Waals surface area contributed by atoms with Crippen molar-refractivity contribution in [1.29, 1.82) is 0 Å². The molecular formula is C26H19FIN3O4S. The monoisotopic (exact) mass is 615 g/mol. The van der Waals surface area contributed by atoms with Crippen LogP contribution in [0.2, 0.25) is 0 Å². The van der Waals surface area contributed by atoms with Gasteiger partial charge in [-0.2, -0.15) is 0 Å². The highest BCUT2D eigenvalue weighted by Gasteiger charge is 2.15. The van der Waals surface area contributed by atoms with Crippen molar-refractivity contribution in [2.75, 3.05) is 18.5 Å². The summed E-state index contributed by atoms with van der Waals surface area (Å²) in [4.78, 5) is 30.6. The standard InChI is InChI=1S/C26H19FIN3O4S/c1-2-34-21-12-15(13-22-25(33)31-20-6-4-3-5-19(20)30-26(31)36-22)11-18(28)24(21)35-14-23(32)29-17-9-7-16(27)8-10-17/h3-13H,2,14H2,1H3,(H,29,32)/b22-13-. The number of nitrogens with zero attached hydrogens (tertiary/aromatic N) is 2. The molecule has 5 rings (SSSR count). The van der Waals surface area contributed by atoms with E-state index in [0.29, 0.717) is 33.3 Å². The van der Waals surface area contributed by atoms with Crippen molar-refractivity contribution in [2.24, 2.45) is 0 Å². The summed E-state index contributed by atoms with van der Waals surface area (Å²) < 4.78 is 27.5. The minimum absolute atomic E-state index is 0.130. The van der Waals surface area contributed by atoms with E-state index in [1.807, 2.05) is 37.3 Å². The predicted molar refractivity (Wildman–Crippen MR) is 146 cm³/mol. The van der Waals surface area contributed by atoms with Gasteiger partial charge < -0.3 is 14.8 Å². The number of fused-ring (bicyclic) bond motifs is 3. The number of imidazole rings is 1. The normalized spacial score (nSPS) is 11.8. The van der Waals surface area contributed by atoms with Crippen molar-refractivity contribution >= 4 is 67.6 Å². The van der Waals surface area contributed by atoms with E-state index in [1.165, 1.54) is 35.6 Å². The van der Waals surface area contributed by atoms with Crippen LogP contribution in [0.5, 0.6) is 11.5 Å². The third kappa shape index (κ3) is 4.91. The zero-order valence-electron chi connectivity index (χ0n) is 19.0. The van der Waals surface area contributed by atoms with Crippen LogP contribution in [0.1, 0.15) is 12.5 Å². The molecule has 3 aromatic carbocycles. The zero-order valence-corrected chi connectivity index (χ0v) is 21.9. The van der Waals surface area contributed by atoms with Gasteiger partial charge in [-0.1, -0.05) is 23.5 Å². The maximum atomic E-state index is 13.1. The number of nitrogens with one attached hydrogen (secondary N) is 1. The van der Waals surface area contributed by atoms with E-state index in [4.69, 9.17) is 9.47 Å². The molecule has 0 spiro atoms. The topological polar surface area (TPSA) is 81.9 Å². The lowest BCUT2D eigenvalue weighted by Crippen LogP contribution is -2.22. The SMILES string of the molecule is CCOc1cc(/C=c2\sc3nc4ccccc4n3c2=O)cc(I)c1OCC(=O)Nc1ccc(F)cc1. The van der Waals surface area contributed by atoms with Crippen molar-refractivity contribution < 1.29 is 18.7 Å². The first-order valence-corrected chi connectivity index (χ1v) is 12.9. The second-order valence-corrected chi connectivity index (χ2v) is 9.91. The number of halogens is 2. The van der Waals surface area contributed by atoms with Crippen molar-refractivity contribution in [2.45, 2.75) is 6.92 Å². The summed E-state index contributed by atoms with van der Waals surface area (Å²) in [5.41, 5.74) is 2.66. The van der Waals surface area contributed by atoms with Gasteiger partial charge in [0.2, 0.25) is 0 Å². The molecule has 0 unspecified atom stereocenters. The molecule has 2 aromatic heterocycles. The number of para-hydroxylation sites is 2. The van der Waals surface area contributed by atoms with Crippen LogP contribution in [0.25, 0.3) is 22.1 Å². The van der Waals surface area contributed by atoms with Gasteiger partial charge in [0.15, 0.2) is 23.1 Å². The maximum absolute atomic E-state index is 13.1. The van der Waals surface area contributed by atoms with Crippen LogP contribution in [0.3, 0.4) is 0 Å². The lowest BCUT2D eigenvalue weighted by Gasteiger charge is -2.14. The molecule has 0 saturated carbocycles. The van der Waals surface area contributed by atoms with Crippen molar-refractivity contribution in [3.05, 3.63) is 90.5 Å². The Morgan fingerprint density at radius 2 is 1.94 bits per heavy atom. The fraction of sp³-hybridized carbons (Fsp3) is 0.115. The van der Waals surface area contributed by atoms with E-state index in [1.54, 1.807) is 16.5 Å². The zero-order chi connectivity index (χ0) is 25.2. The molecule has 36 heavy (non-hydrogen) atoms. The molecular weight excluding hydrogens is 596 g/mol. The Hall–Kier alpha value is -3.51. The summed E-state index contributed by atoms with van der Waals surface area (Å²) in [5.74, 6) is 0.120. The number of carbonyl (C=O) groups excluding carboxylic acids is 1. The summed E-state index contributed by atoms with van der Waals surface area (Å²) in [6, 6.07) is 16.6. The maximum Gasteiger partial charge on any atom is 0.274 e. The molecule has 10 heteroatoms. The Kier molecular flexibility index (Phi) is 6.88. The highest BCUT2D eigenvalue weighted by molar-refractivity contribution is 14.1. The van der Waals surface area contributed by atoms with E-state index in [2.05, 4.69) is 32.9 Å². The lowest BCUT2D eigenvalue weighted by atomic mass is 10.2. The second kappa shape index (κ2) is 10.2. The molecule has 0 fully saturated rings. The molecule has 2 heterocycles. The van der Waals surface area contributed by atoms with Crippen molar-refractivity contribution in [1.82, 2.24) is 9.38 Å². The average Bonchev–Trinajstić information content (AvgIpc) is 3.36. The highest BCUT2D eigenvalue weighted by atomic mass is 127. The van der Waals surface area contributed by atoms with Gasteiger partial charge in [-0.15, -0.1) is 0 Å². The summed E-state index contributed by atoms with van der Waals surface area (Å²) in [6.45, 7) is 1.99. The molecule has 0 bridgehead atoms. The van der Waals surface area contributed by atoms with E-state index in [-0.39, 0.29) is 23.9 Å². The quantitative estimate of drug-likeness (QED) is 0.271. The minimum atomic E-state index is -0.388. The van der Waals surface area contributed by atoms with Crippen molar-refractivity contribution in [3.8, 4) is 11.5 Å². The first-order chi connectivity index (χ1) is 17.4. The van der Waals surface area contributed by atoms with Crippen LogP contribution in [0.15, 0.2) is 65.5 Å². The van der Waals surface area contributed by atoms with E-state index in [0.717, 1.165) is 20.2 Å². The summed E-state index contributed by atoms with van der Waals surface area (Å²) in [7, 11) is 0. The summed E-state index contributed by atoms with van der Waals surface area (Å²) in [6.07, 6.45) is 1.80. The van der Waals surface area contributed by atoms with Crippen LogP contribution in [0, 0.1) is 9.39 Å². The average molecular weight is 615 g/mol. The smallest absolute Gasteiger partial charge is 0.274 e. The van der Waals surface area contributed by atoms with Gasteiger partial charge in [0.05, 0.1) is 25.7 Å². The Labute approximate surface area is 222 Å². The Balaban J connectivity index is 1.42. The van der Waals surface area contributed by atoms with E-state index in [9.17, 15) is 14.0 Å². The summed E-state index contributed by atoms with van der Waals surface area (Å²) >= 11 is 3.43. The fourth-order valence-electron chi connectivity index (χ4n) is 3.71. The fourth-order valence-corrected chi connectivity index (χ4v) is 5.47. The molecule has 5 aromatic rings. The van der Waals surface area contributed by atoms with Gasteiger partial charge >= 0.3 is 0 Å². The number of hydrogen-bond acceptors (Lipinski definition) is 6. The number of hydrogen-bond donors (Lipinski definition) is 1. The number of thiazole rings is 1. The van der Waals surface area contributed by atoms with Crippen LogP contribution in [0.4, 0.5) is 10.1 Å². The number of benzene rings is 3. The first kappa shape index (κ1) is 24.2. The summed E-state index contributed by atoms with van der Waals surface area (Å²) in [5, 5.41) is 2.66. The Morgan fingerprint density at radius 1 is 1.17 bits per heavy atom. The molecule has 0 atom stereocenters. The molecule has 0 radical (unpaired) electrons. The lowest BCUT2D eigenvalue weighted by molar-refractivity contribution is -0.118. The molecule has 1 N–H and O–H groups in total. The number of amides is 1. The van der Waals surface area contributed by atoms with Crippen LogP contribution >= 0.6 is 33.9 Å². The number of aromatic nitrogens is 2. The van der Waals surface area contributed by atoms with Gasteiger partial charge in [-0.05, 0) is 89.7 Å². The first-order valence-electron chi connectivity index (χ1n) is 11.0. The Morgan fingerprint density at radius 3 is 2.72 bits per heavy atom. The van der Waals surface area contributed by atoms with Crippen LogP contribution < -0.4 is 24.9 Å². The van der Waals surface area contributed by atoms with Gasteiger partial charge in [-0.25, -0.2) is 13.8 Å². The third-order valence-corrected chi connectivity index (χ3v) is 7.02. The number of ether oxygens (including phenoxy) is 2. The Bertz CT molecular complexity index is 1700. The third-order valence-electron chi connectivity index (χ3n) is 5.25. The molecule has 182 valence electrons. The van der Waals surface area contributed by atoms with Gasteiger partial charge in [0.25, 0.3) is 11.5 Å². The molecule has 0 saturated heterocycles. The number of rotatable bonds is 7. The van der Waals surface area contributed by atoms with Crippen LogP contribution in [-0.2, 0) is 4.79 Å².